The quantitative estimate of drug-likeness (QED) is 0.187. The number of fused-ring (bicyclic) bond motifs is 2. The molecule has 6 heteroatoms. The second-order valence-corrected chi connectivity index (χ2v) is 12.8. The molecule has 0 spiro atoms. The first-order chi connectivity index (χ1) is 18.9. The van der Waals surface area contributed by atoms with E-state index in [1.807, 2.05) is 7.05 Å². The van der Waals surface area contributed by atoms with Crippen LogP contribution in [0.3, 0.4) is 0 Å². The largest absolute Gasteiger partial charge is 0.481 e. The summed E-state index contributed by atoms with van der Waals surface area (Å²) in [5.74, 6) is -0.743. The number of anilines is 1. The van der Waals surface area contributed by atoms with Gasteiger partial charge in [0.1, 0.15) is 7.05 Å². The van der Waals surface area contributed by atoms with Gasteiger partial charge in [0, 0.05) is 59.4 Å². The first kappa shape index (κ1) is 29.6. The molecule has 2 aromatic rings. The molecule has 1 N–H and O–H groups in total. The minimum atomic E-state index is -0.743. The standard InChI is InChI=1S/C34H41N3O2S/c1-33(2)26-16-13-14-17-28(26)36(6)30(33)18-11-9-8-10-12-19-31-34(3,4)27-24-25(21-22-29(27)37(31)7)40-35(5)23-15-20-32(38)39/h8-14,16-19,21-22,24H,15,20,23H2,1-7H3/p+1. The Morgan fingerprint density at radius 3 is 2.42 bits per heavy atom. The molecule has 2 aliphatic heterocycles. The van der Waals surface area contributed by atoms with Crippen molar-refractivity contribution in [2.75, 3.05) is 32.6 Å². The van der Waals surface area contributed by atoms with Crippen molar-refractivity contribution < 1.29 is 14.5 Å². The Morgan fingerprint density at radius 1 is 1.00 bits per heavy atom. The average Bonchev–Trinajstić information content (AvgIpc) is 3.21. The summed E-state index contributed by atoms with van der Waals surface area (Å²) in [5, 5.41) is 8.89. The molecule has 0 saturated heterocycles. The highest BCUT2D eigenvalue weighted by molar-refractivity contribution is 7.97. The molecule has 0 saturated carbocycles. The number of carbonyl (C=O) groups is 1. The normalized spacial score (nSPS) is 18.7. The molecule has 5 nitrogen and oxygen atoms in total. The van der Waals surface area contributed by atoms with Crippen LogP contribution in [-0.2, 0) is 15.6 Å². The highest BCUT2D eigenvalue weighted by Crippen LogP contribution is 2.48. The third kappa shape index (κ3) is 6.03. The van der Waals surface area contributed by atoms with Crippen molar-refractivity contribution in [3.8, 4) is 0 Å². The van der Waals surface area contributed by atoms with Crippen molar-refractivity contribution in [1.29, 1.82) is 0 Å². The minimum Gasteiger partial charge on any atom is -0.481 e. The summed E-state index contributed by atoms with van der Waals surface area (Å²) in [7, 11) is 6.29. The van der Waals surface area contributed by atoms with Crippen molar-refractivity contribution in [3.05, 3.63) is 102 Å². The Kier molecular flexibility index (Phi) is 8.91. The molecule has 4 rings (SSSR count). The van der Waals surface area contributed by atoms with Gasteiger partial charge < -0.3 is 10.0 Å². The third-order valence-electron chi connectivity index (χ3n) is 8.02. The van der Waals surface area contributed by atoms with Crippen molar-refractivity contribution in [1.82, 2.24) is 4.31 Å². The van der Waals surface area contributed by atoms with Crippen LogP contribution in [0.4, 0.5) is 11.4 Å². The zero-order valence-corrected chi connectivity index (χ0v) is 25.6. The molecule has 2 heterocycles. The molecule has 0 aromatic heterocycles. The van der Waals surface area contributed by atoms with E-state index in [0.29, 0.717) is 6.42 Å². The summed E-state index contributed by atoms with van der Waals surface area (Å²) in [4.78, 5) is 14.3. The maximum Gasteiger partial charge on any atom is 0.303 e. The zero-order chi connectivity index (χ0) is 29.1. The molecule has 0 radical (unpaired) electrons. The average molecular weight is 557 g/mol. The van der Waals surface area contributed by atoms with Gasteiger partial charge in [-0.1, -0.05) is 62.4 Å². The Hall–Kier alpha value is -3.35. The topological polar surface area (TPSA) is 46.8 Å². The lowest BCUT2D eigenvalue weighted by atomic mass is 9.81. The summed E-state index contributed by atoms with van der Waals surface area (Å²) >= 11 is 1.67. The van der Waals surface area contributed by atoms with Gasteiger partial charge in [-0.15, -0.1) is 0 Å². The Morgan fingerprint density at radius 2 is 1.70 bits per heavy atom. The van der Waals surface area contributed by atoms with Gasteiger partial charge in [-0.05, 0) is 69.1 Å². The highest BCUT2D eigenvalue weighted by Gasteiger charge is 2.42. The zero-order valence-electron chi connectivity index (χ0n) is 24.8. The fraction of sp³-hybridized carbons (Fsp3) is 0.353. The Labute approximate surface area is 244 Å². The van der Waals surface area contributed by atoms with E-state index >= 15 is 0 Å². The van der Waals surface area contributed by atoms with Crippen LogP contribution >= 0.6 is 11.9 Å². The summed E-state index contributed by atoms with van der Waals surface area (Å²) in [6, 6.07) is 15.2. The monoisotopic (exact) mass is 556 g/mol. The highest BCUT2D eigenvalue weighted by atomic mass is 32.2. The van der Waals surface area contributed by atoms with Crippen LogP contribution in [0.1, 0.15) is 51.7 Å². The van der Waals surface area contributed by atoms with Crippen LogP contribution in [0.15, 0.2) is 95.6 Å². The molecule has 0 bridgehead atoms. The van der Waals surface area contributed by atoms with E-state index in [9.17, 15) is 4.79 Å². The number of nitrogens with zero attached hydrogens (tertiary/aromatic N) is 3. The summed E-state index contributed by atoms with van der Waals surface area (Å²) in [6.45, 7) is 9.84. The van der Waals surface area contributed by atoms with Crippen LogP contribution < -0.4 is 4.90 Å². The van der Waals surface area contributed by atoms with Gasteiger partial charge in [0.2, 0.25) is 5.69 Å². The van der Waals surface area contributed by atoms with Crippen LogP contribution in [0.2, 0.25) is 0 Å². The summed E-state index contributed by atoms with van der Waals surface area (Å²) in [6.07, 6.45) is 15.7. The number of likely N-dealkylation sites (N-methyl/N-ethyl adjacent to an activating group) is 1. The van der Waals surface area contributed by atoms with Gasteiger partial charge in [-0.3, -0.25) is 4.79 Å². The van der Waals surface area contributed by atoms with E-state index in [0.717, 1.165) is 6.54 Å². The van der Waals surface area contributed by atoms with E-state index in [2.05, 4.69) is 141 Å². The van der Waals surface area contributed by atoms with Gasteiger partial charge in [0.05, 0.1) is 5.41 Å². The molecular formula is C34H42N3O2S+. The maximum absolute atomic E-state index is 10.8. The van der Waals surface area contributed by atoms with Gasteiger partial charge in [-0.25, -0.2) is 4.31 Å². The lowest BCUT2D eigenvalue weighted by Gasteiger charge is -2.24. The molecule has 0 atom stereocenters. The molecule has 2 aromatic carbocycles. The Balaban J connectivity index is 1.40. The maximum atomic E-state index is 10.8. The number of para-hydroxylation sites is 1. The van der Waals surface area contributed by atoms with Gasteiger partial charge in [0.25, 0.3) is 0 Å². The second-order valence-electron chi connectivity index (χ2n) is 11.6. The van der Waals surface area contributed by atoms with E-state index < -0.39 is 5.97 Å². The number of rotatable bonds is 10. The second kappa shape index (κ2) is 12.0. The summed E-state index contributed by atoms with van der Waals surface area (Å²) < 4.78 is 4.40. The predicted molar refractivity (Wildman–Crippen MR) is 169 cm³/mol. The Bertz CT molecular complexity index is 1430. The van der Waals surface area contributed by atoms with Crippen LogP contribution in [0.25, 0.3) is 0 Å². The number of hydrogen-bond donors (Lipinski definition) is 1. The van der Waals surface area contributed by atoms with Crippen molar-refractivity contribution in [2.45, 2.75) is 56.3 Å². The minimum absolute atomic E-state index is 0.0162. The molecule has 2 aliphatic rings. The first-order valence-corrected chi connectivity index (χ1v) is 14.6. The number of hydrogen-bond acceptors (Lipinski definition) is 4. The molecular weight excluding hydrogens is 514 g/mol. The van der Waals surface area contributed by atoms with Crippen molar-refractivity contribution in [3.63, 3.8) is 0 Å². The number of aliphatic carboxylic acids is 1. The first-order valence-electron chi connectivity index (χ1n) is 13.9. The third-order valence-corrected chi connectivity index (χ3v) is 8.98. The van der Waals surface area contributed by atoms with Crippen LogP contribution in [0, 0.1) is 0 Å². The molecule has 0 amide bonds. The van der Waals surface area contributed by atoms with Crippen molar-refractivity contribution >= 4 is 35.0 Å². The predicted octanol–water partition coefficient (Wildman–Crippen LogP) is 7.48. The number of carboxylic acids is 1. The van der Waals surface area contributed by atoms with Crippen LogP contribution in [0.5, 0.6) is 0 Å². The van der Waals surface area contributed by atoms with Crippen molar-refractivity contribution in [2.24, 2.45) is 0 Å². The van der Waals surface area contributed by atoms with Gasteiger partial charge in [-0.2, -0.15) is 4.58 Å². The fourth-order valence-electron chi connectivity index (χ4n) is 5.84. The van der Waals surface area contributed by atoms with E-state index in [4.69, 9.17) is 5.11 Å². The lowest BCUT2D eigenvalue weighted by molar-refractivity contribution is -0.401. The molecule has 0 fully saturated rings. The number of carboxylic acid groups (broad SMARTS) is 1. The molecule has 210 valence electrons. The number of allylic oxidation sites excluding steroid dienone is 8. The van der Waals surface area contributed by atoms with Gasteiger partial charge >= 0.3 is 5.97 Å². The SMILES string of the molecule is CN(CCCC(=O)O)Sc1ccc2c(c1)C(C)(C)C(=CC=CC=CC=CC1=[N+](C)c3ccccc3C1(C)C)N2C. The number of benzene rings is 2. The molecule has 0 unspecified atom stereocenters. The van der Waals surface area contributed by atoms with E-state index in [1.165, 1.54) is 38.8 Å². The summed E-state index contributed by atoms with van der Waals surface area (Å²) in [5.41, 5.74) is 7.58. The molecule has 40 heavy (non-hydrogen) atoms. The smallest absolute Gasteiger partial charge is 0.303 e. The van der Waals surface area contributed by atoms with E-state index in [1.54, 1.807) is 11.9 Å². The fourth-order valence-corrected chi connectivity index (χ4v) is 6.72. The molecule has 0 aliphatic carbocycles. The van der Waals surface area contributed by atoms with E-state index in [-0.39, 0.29) is 17.3 Å². The lowest BCUT2D eigenvalue weighted by Crippen LogP contribution is -2.26. The van der Waals surface area contributed by atoms with Crippen LogP contribution in [-0.4, -0.2) is 53.4 Å². The van der Waals surface area contributed by atoms with Gasteiger partial charge in [0.15, 0.2) is 5.71 Å².